The molecule has 0 aromatic carbocycles. The summed E-state index contributed by atoms with van der Waals surface area (Å²) in [6.45, 7) is 0.771. The van der Waals surface area contributed by atoms with Crippen LogP contribution in [0.3, 0.4) is 0 Å². The molecule has 2 heterocycles. The highest BCUT2D eigenvalue weighted by atomic mass is 32.1. The van der Waals surface area contributed by atoms with Gasteiger partial charge in [0.25, 0.3) is 0 Å². The Hall–Kier alpha value is -1.47. The van der Waals surface area contributed by atoms with Crippen molar-refractivity contribution in [3.63, 3.8) is 0 Å². The van der Waals surface area contributed by atoms with Gasteiger partial charge in [-0.05, 0) is 34.5 Å². The van der Waals surface area contributed by atoms with Gasteiger partial charge in [-0.25, -0.2) is 0 Å². The zero-order valence-electron chi connectivity index (χ0n) is 11.4. The van der Waals surface area contributed by atoms with E-state index in [2.05, 4.69) is 0 Å². The molecule has 0 fully saturated rings. The number of carbonyl (C=O) groups excluding carboxylic acids is 1. The average Bonchev–Trinajstić information content (AvgIpc) is 3.15. The van der Waals surface area contributed by atoms with Crippen molar-refractivity contribution in [3.8, 4) is 0 Å². The molecule has 0 saturated carbocycles. The summed E-state index contributed by atoms with van der Waals surface area (Å²) >= 11 is 3.07. The SMILES string of the molecule is O=C(/C=C/c1cc(CO)cs1)N(CCO)Cc1cccs1. The first-order valence-corrected chi connectivity index (χ1v) is 8.27. The minimum Gasteiger partial charge on any atom is -0.395 e. The Morgan fingerprint density at radius 3 is 2.81 bits per heavy atom. The van der Waals surface area contributed by atoms with Crippen LogP contribution in [0.4, 0.5) is 0 Å². The summed E-state index contributed by atoms with van der Waals surface area (Å²) in [5, 5.41) is 21.9. The lowest BCUT2D eigenvalue weighted by Gasteiger charge is -2.19. The zero-order chi connectivity index (χ0) is 15.1. The monoisotopic (exact) mass is 323 g/mol. The smallest absolute Gasteiger partial charge is 0.247 e. The lowest BCUT2D eigenvalue weighted by molar-refractivity contribution is -0.127. The Morgan fingerprint density at radius 1 is 1.33 bits per heavy atom. The molecule has 0 atom stereocenters. The fourth-order valence-corrected chi connectivity index (χ4v) is 3.32. The highest BCUT2D eigenvalue weighted by Crippen LogP contribution is 2.17. The number of aliphatic hydroxyl groups is 2. The maximum absolute atomic E-state index is 12.2. The lowest BCUT2D eigenvalue weighted by atomic mass is 10.3. The Balaban J connectivity index is 2.00. The quantitative estimate of drug-likeness (QED) is 0.769. The van der Waals surface area contributed by atoms with Gasteiger partial charge in [-0.1, -0.05) is 6.07 Å². The van der Waals surface area contributed by atoms with E-state index in [9.17, 15) is 4.79 Å². The molecule has 2 rings (SSSR count). The van der Waals surface area contributed by atoms with Crippen molar-refractivity contribution in [1.82, 2.24) is 4.90 Å². The van der Waals surface area contributed by atoms with Crippen molar-refractivity contribution in [2.75, 3.05) is 13.2 Å². The molecule has 4 nitrogen and oxygen atoms in total. The first kappa shape index (κ1) is 15.9. The lowest BCUT2D eigenvalue weighted by Crippen LogP contribution is -2.31. The standard InChI is InChI=1S/C15H17NO3S2/c17-6-5-16(9-14-2-1-7-20-14)15(19)4-3-13-8-12(10-18)11-21-13/h1-4,7-8,11,17-18H,5-6,9-10H2/b4-3+. The minimum absolute atomic E-state index is 0.00724. The predicted octanol–water partition coefficient (Wildman–Crippen LogP) is 2.34. The van der Waals surface area contributed by atoms with E-state index in [1.54, 1.807) is 22.3 Å². The second-order valence-corrected chi connectivity index (χ2v) is 6.39. The molecule has 2 N–H and O–H groups in total. The summed E-state index contributed by atoms with van der Waals surface area (Å²) in [7, 11) is 0. The molecular weight excluding hydrogens is 306 g/mol. The van der Waals surface area contributed by atoms with Crippen molar-refractivity contribution in [3.05, 3.63) is 50.4 Å². The van der Waals surface area contributed by atoms with E-state index in [4.69, 9.17) is 10.2 Å². The van der Waals surface area contributed by atoms with E-state index in [0.717, 1.165) is 15.3 Å². The fraction of sp³-hybridized carbons (Fsp3) is 0.267. The van der Waals surface area contributed by atoms with Gasteiger partial charge in [0.1, 0.15) is 0 Å². The summed E-state index contributed by atoms with van der Waals surface area (Å²) in [4.78, 5) is 15.8. The Bertz CT molecular complexity index is 590. The first-order chi connectivity index (χ1) is 10.2. The van der Waals surface area contributed by atoms with Crippen LogP contribution in [0.25, 0.3) is 6.08 Å². The van der Waals surface area contributed by atoms with Gasteiger partial charge in [-0.2, -0.15) is 0 Å². The molecule has 0 radical (unpaired) electrons. The Labute approximate surface area is 131 Å². The van der Waals surface area contributed by atoms with Crippen molar-refractivity contribution in [2.45, 2.75) is 13.2 Å². The summed E-state index contributed by atoms with van der Waals surface area (Å²) < 4.78 is 0. The van der Waals surface area contributed by atoms with Gasteiger partial charge in [0, 0.05) is 22.4 Å². The summed E-state index contributed by atoms with van der Waals surface area (Å²) in [5.41, 5.74) is 0.845. The van der Waals surface area contributed by atoms with Crippen molar-refractivity contribution in [2.24, 2.45) is 0 Å². The molecule has 2 aromatic heterocycles. The van der Waals surface area contributed by atoms with E-state index in [0.29, 0.717) is 13.1 Å². The fourth-order valence-electron chi connectivity index (χ4n) is 1.80. The zero-order valence-corrected chi connectivity index (χ0v) is 13.1. The summed E-state index contributed by atoms with van der Waals surface area (Å²) in [6, 6.07) is 5.77. The van der Waals surface area contributed by atoms with Crippen LogP contribution in [0, 0.1) is 0 Å². The van der Waals surface area contributed by atoms with Gasteiger partial charge in [-0.3, -0.25) is 4.79 Å². The molecule has 6 heteroatoms. The molecule has 0 bridgehead atoms. The van der Waals surface area contributed by atoms with Crippen LogP contribution < -0.4 is 0 Å². The maximum atomic E-state index is 12.2. The Morgan fingerprint density at radius 2 is 2.19 bits per heavy atom. The summed E-state index contributed by atoms with van der Waals surface area (Å²) in [5.74, 6) is -0.128. The highest BCUT2D eigenvalue weighted by Gasteiger charge is 2.11. The van der Waals surface area contributed by atoms with Gasteiger partial charge >= 0.3 is 0 Å². The molecule has 0 unspecified atom stereocenters. The molecular formula is C15H17NO3S2. The van der Waals surface area contributed by atoms with Crippen LogP contribution >= 0.6 is 22.7 Å². The highest BCUT2D eigenvalue weighted by molar-refractivity contribution is 7.11. The molecule has 0 aliphatic carbocycles. The van der Waals surface area contributed by atoms with Crippen molar-refractivity contribution < 1.29 is 15.0 Å². The largest absolute Gasteiger partial charge is 0.395 e. The Kier molecular flexibility index (Phi) is 6.13. The average molecular weight is 323 g/mol. The number of rotatable bonds is 7. The third-order valence-corrected chi connectivity index (χ3v) is 4.66. The molecule has 0 spiro atoms. The molecule has 0 aliphatic heterocycles. The van der Waals surface area contributed by atoms with E-state index >= 15 is 0 Å². The number of thiophene rings is 2. The van der Waals surface area contributed by atoms with E-state index in [-0.39, 0.29) is 19.1 Å². The van der Waals surface area contributed by atoms with Crippen LogP contribution in [0.15, 0.2) is 35.0 Å². The van der Waals surface area contributed by atoms with Crippen LogP contribution in [-0.4, -0.2) is 34.2 Å². The molecule has 2 aromatic rings. The predicted molar refractivity (Wildman–Crippen MR) is 86.1 cm³/mol. The van der Waals surface area contributed by atoms with Gasteiger partial charge in [-0.15, -0.1) is 22.7 Å². The number of hydrogen-bond donors (Lipinski definition) is 2. The first-order valence-electron chi connectivity index (χ1n) is 6.51. The van der Waals surface area contributed by atoms with Gasteiger partial charge in [0.2, 0.25) is 5.91 Å². The second kappa shape index (κ2) is 8.09. The maximum Gasteiger partial charge on any atom is 0.247 e. The van der Waals surface area contributed by atoms with E-state index in [1.165, 1.54) is 17.4 Å². The molecule has 0 saturated heterocycles. The normalized spacial score (nSPS) is 11.1. The number of amides is 1. The minimum atomic E-state index is -0.128. The molecule has 112 valence electrons. The van der Waals surface area contributed by atoms with Crippen molar-refractivity contribution >= 4 is 34.7 Å². The summed E-state index contributed by atoms with van der Waals surface area (Å²) in [6.07, 6.45) is 3.25. The third-order valence-electron chi connectivity index (χ3n) is 2.86. The van der Waals surface area contributed by atoms with E-state index < -0.39 is 0 Å². The van der Waals surface area contributed by atoms with Gasteiger partial charge in [0.15, 0.2) is 0 Å². The number of carbonyl (C=O) groups is 1. The second-order valence-electron chi connectivity index (χ2n) is 4.41. The van der Waals surface area contributed by atoms with Gasteiger partial charge in [0.05, 0.1) is 19.8 Å². The topological polar surface area (TPSA) is 60.8 Å². The molecule has 1 amide bonds. The van der Waals surface area contributed by atoms with Crippen LogP contribution in [-0.2, 0) is 17.9 Å². The van der Waals surface area contributed by atoms with Gasteiger partial charge < -0.3 is 15.1 Å². The molecule has 21 heavy (non-hydrogen) atoms. The van der Waals surface area contributed by atoms with Crippen LogP contribution in [0.2, 0.25) is 0 Å². The van der Waals surface area contributed by atoms with E-state index in [1.807, 2.05) is 29.0 Å². The van der Waals surface area contributed by atoms with Crippen LogP contribution in [0.1, 0.15) is 15.3 Å². The number of hydrogen-bond acceptors (Lipinski definition) is 5. The number of aliphatic hydroxyl groups excluding tert-OH is 2. The number of nitrogens with zero attached hydrogens (tertiary/aromatic N) is 1. The molecule has 0 aliphatic rings. The third kappa shape index (κ3) is 4.78. The van der Waals surface area contributed by atoms with Crippen LogP contribution in [0.5, 0.6) is 0 Å². The van der Waals surface area contributed by atoms with Crippen molar-refractivity contribution in [1.29, 1.82) is 0 Å².